The lowest BCUT2D eigenvalue weighted by atomic mass is 9.99. The number of aromatic carboxylic acids is 1. The third kappa shape index (κ3) is 3.24. The van der Waals surface area contributed by atoms with Crippen LogP contribution in [0.1, 0.15) is 48.5 Å². The van der Waals surface area contributed by atoms with E-state index in [0.717, 1.165) is 12.8 Å². The summed E-state index contributed by atoms with van der Waals surface area (Å²) in [5, 5.41) is 8.79. The van der Waals surface area contributed by atoms with Crippen LogP contribution >= 0.6 is 0 Å². The smallest absolute Gasteiger partial charge is 0.339 e. The van der Waals surface area contributed by atoms with Gasteiger partial charge in [-0.25, -0.2) is 22.4 Å². The van der Waals surface area contributed by atoms with E-state index in [2.05, 4.69) is 0 Å². The number of carbonyl (C=O) groups is 1. The maximum atomic E-state index is 13.5. The first-order valence-corrected chi connectivity index (χ1v) is 5.99. The van der Waals surface area contributed by atoms with E-state index in [-0.39, 0.29) is 6.42 Å². The van der Waals surface area contributed by atoms with Gasteiger partial charge in [0.25, 0.3) is 0 Å². The van der Waals surface area contributed by atoms with Gasteiger partial charge in [0.15, 0.2) is 23.3 Å². The molecule has 0 aliphatic carbocycles. The minimum absolute atomic E-state index is 0.137. The van der Waals surface area contributed by atoms with Crippen molar-refractivity contribution in [2.45, 2.75) is 39.0 Å². The van der Waals surface area contributed by atoms with Crippen LogP contribution in [-0.4, -0.2) is 11.1 Å². The van der Waals surface area contributed by atoms with Crippen LogP contribution in [0.5, 0.6) is 0 Å². The van der Waals surface area contributed by atoms with E-state index in [1.165, 1.54) is 0 Å². The third-order valence-corrected chi connectivity index (χ3v) is 2.86. The predicted octanol–water partition coefficient (Wildman–Crippen LogP) is 4.06. The monoisotopic (exact) mass is 278 g/mol. The standard InChI is InChI=1S/C13H14F4O2/c1-2-3-4-5-6-7-8(13(18)19)10(15)12(17)11(16)9(7)14/h2-6H2,1H3,(H,18,19). The first-order chi connectivity index (χ1) is 8.91. The van der Waals surface area contributed by atoms with E-state index in [4.69, 9.17) is 5.11 Å². The fourth-order valence-corrected chi connectivity index (χ4v) is 1.86. The van der Waals surface area contributed by atoms with Crippen molar-refractivity contribution < 1.29 is 27.5 Å². The highest BCUT2D eigenvalue weighted by Gasteiger charge is 2.28. The normalized spacial score (nSPS) is 10.8. The summed E-state index contributed by atoms with van der Waals surface area (Å²) in [6, 6.07) is 0. The molecule has 106 valence electrons. The van der Waals surface area contributed by atoms with Crippen molar-refractivity contribution in [1.29, 1.82) is 0 Å². The summed E-state index contributed by atoms with van der Waals surface area (Å²) in [4.78, 5) is 10.9. The number of benzene rings is 1. The average molecular weight is 278 g/mol. The number of carboxylic acids is 1. The Morgan fingerprint density at radius 3 is 2.05 bits per heavy atom. The van der Waals surface area contributed by atoms with Crippen LogP contribution < -0.4 is 0 Å². The molecule has 1 rings (SSSR count). The van der Waals surface area contributed by atoms with Gasteiger partial charge in [-0.15, -0.1) is 0 Å². The quantitative estimate of drug-likeness (QED) is 0.369. The number of carboxylic acid groups (broad SMARTS) is 1. The van der Waals surface area contributed by atoms with Crippen molar-refractivity contribution in [2.75, 3.05) is 0 Å². The van der Waals surface area contributed by atoms with Crippen LogP contribution in [0.25, 0.3) is 0 Å². The molecule has 1 aromatic carbocycles. The molecule has 0 heterocycles. The van der Waals surface area contributed by atoms with E-state index >= 15 is 0 Å². The lowest BCUT2D eigenvalue weighted by Gasteiger charge is -2.10. The minimum Gasteiger partial charge on any atom is -0.478 e. The Kier molecular flexibility index (Phi) is 5.32. The molecule has 0 aliphatic rings. The van der Waals surface area contributed by atoms with E-state index in [9.17, 15) is 22.4 Å². The zero-order valence-electron chi connectivity index (χ0n) is 10.4. The molecule has 0 spiro atoms. The molecular weight excluding hydrogens is 264 g/mol. The maximum Gasteiger partial charge on any atom is 0.339 e. The van der Waals surface area contributed by atoms with Gasteiger partial charge in [0.1, 0.15) is 5.56 Å². The van der Waals surface area contributed by atoms with Crippen molar-refractivity contribution in [1.82, 2.24) is 0 Å². The number of unbranched alkanes of at least 4 members (excludes halogenated alkanes) is 3. The van der Waals surface area contributed by atoms with Crippen LogP contribution in [0.15, 0.2) is 0 Å². The van der Waals surface area contributed by atoms with Gasteiger partial charge in [0.05, 0.1) is 0 Å². The second-order valence-corrected chi connectivity index (χ2v) is 4.23. The Bertz CT molecular complexity index is 486. The van der Waals surface area contributed by atoms with Crippen molar-refractivity contribution in [3.05, 3.63) is 34.4 Å². The van der Waals surface area contributed by atoms with Gasteiger partial charge in [-0.05, 0) is 12.8 Å². The molecule has 0 saturated carbocycles. The Hall–Kier alpha value is -1.59. The molecule has 0 unspecified atom stereocenters. The zero-order valence-corrected chi connectivity index (χ0v) is 10.4. The summed E-state index contributed by atoms with van der Waals surface area (Å²) < 4.78 is 53.0. The molecule has 0 aromatic heterocycles. The molecular formula is C13H14F4O2. The molecule has 1 N–H and O–H groups in total. The highest BCUT2D eigenvalue weighted by Crippen LogP contribution is 2.26. The molecule has 0 amide bonds. The summed E-state index contributed by atoms with van der Waals surface area (Å²) in [7, 11) is 0. The van der Waals surface area contributed by atoms with Crippen LogP contribution in [-0.2, 0) is 6.42 Å². The minimum atomic E-state index is -2.09. The summed E-state index contributed by atoms with van der Waals surface area (Å²) in [5.41, 5.74) is -1.73. The van der Waals surface area contributed by atoms with Gasteiger partial charge in [-0.2, -0.15) is 0 Å². The van der Waals surface area contributed by atoms with Gasteiger partial charge in [0, 0.05) is 5.56 Å². The second kappa shape index (κ2) is 6.54. The summed E-state index contributed by atoms with van der Waals surface area (Å²) in [6.07, 6.45) is 2.67. The molecule has 2 nitrogen and oxygen atoms in total. The lowest BCUT2D eigenvalue weighted by molar-refractivity contribution is 0.0688. The molecule has 19 heavy (non-hydrogen) atoms. The highest BCUT2D eigenvalue weighted by atomic mass is 19.2. The zero-order chi connectivity index (χ0) is 14.6. The number of rotatable bonds is 6. The molecule has 0 atom stereocenters. The van der Waals surface area contributed by atoms with Gasteiger partial charge in [-0.1, -0.05) is 26.2 Å². The molecule has 0 saturated heterocycles. The number of hydrogen-bond donors (Lipinski definition) is 1. The Morgan fingerprint density at radius 2 is 1.53 bits per heavy atom. The fraction of sp³-hybridized carbons (Fsp3) is 0.462. The Morgan fingerprint density at radius 1 is 0.947 bits per heavy atom. The van der Waals surface area contributed by atoms with E-state index in [1.54, 1.807) is 0 Å². The van der Waals surface area contributed by atoms with Crippen molar-refractivity contribution in [3.8, 4) is 0 Å². The molecule has 6 heteroatoms. The van der Waals surface area contributed by atoms with Gasteiger partial charge < -0.3 is 5.11 Å². The lowest BCUT2D eigenvalue weighted by Crippen LogP contribution is -2.13. The molecule has 0 fully saturated rings. The molecule has 0 radical (unpaired) electrons. The molecule has 0 bridgehead atoms. The fourth-order valence-electron chi connectivity index (χ4n) is 1.86. The summed E-state index contributed by atoms with van der Waals surface area (Å²) >= 11 is 0. The molecule has 0 aliphatic heterocycles. The first kappa shape index (κ1) is 15.5. The summed E-state index contributed by atoms with van der Waals surface area (Å²) in [6.45, 7) is 1.94. The van der Waals surface area contributed by atoms with E-state index in [1.807, 2.05) is 6.92 Å². The van der Waals surface area contributed by atoms with E-state index in [0.29, 0.717) is 12.8 Å². The number of halogens is 4. The van der Waals surface area contributed by atoms with Crippen molar-refractivity contribution in [3.63, 3.8) is 0 Å². The topological polar surface area (TPSA) is 37.3 Å². The van der Waals surface area contributed by atoms with Gasteiger partial charge in [0.2, 0.25) is 0 Å². The van der Waals surface area contributed by atoms with Crippen molar-refractivity contribution >= 4 is 5.97 Å². The van der Waals surface area contributed by atoms with E-state index < -0.39 is 40.4 Å². The van der Waals surface area contributed by atoms with Crippen LogP contribution in [0.3, 0.4) is 0 Å². The maximum absolute atomic E-state index is 13.5. The molecule has 1 aromatic rings. The Labute approximate surface area is 108 Å². The SMILES string of the molecule is CCCCCCc1c(F)c(F)c(F)c(F)c1C(=O)O. The van der Waals surface area contributed by atoms with Crippen LogP contribution in [0, 0.1) is 23.3 Å². The van der Waals surface area contributed by atoms with Gasteiger partial charge >= 0.3 is 5.97 Å². The summed E-state index contributed by atoms with van der Waals surface area (Å²) in [5.74, 6) is -9.33. The van der Waals surface area contributed by atoms with Gasteiger partial charge in [-0.3, -0.25) is 0 Å². The van der Waals surface area contributed by atoms with Crippen LogP contribution in [0.2, 0.25) is 0 Å². The van der Waals surface area contributed by atoms with Crippen LogP contribution in [0.4, 0.5) is 17.6 Å². The largest absolute Gasteiger partial charge is 0.478 e. The Balaban J connectivity index is 3.16. The first-order valence-electron chi connectivity index (χ1n) is 5.99. The predicted molar refractivity (Wildman–Crippen MR) is 61.1 cm³/mol. The second-order valence-electron chi connectivity index (χ2n) is 4.23. The third-order valence-electron chi connectivity index (χ3n) is 2.86. The van der Waals surface area contributed by atoms with Crippen molar-refractivity contribution in [2.24, 2.45) is 0 Å². The average Bonchev–Trinajstić information content (AvgIpc) is 2.37. The number of hydrogen-bond acceptors (Lipinski definition) is 1. The highest BCUT2D eigenvalue weighted by molar-refractivity contribution is 5.89.